The average molecular weight is 315 g/mol. The van der Waals surface area contributed by atoms with E-state index >= 15 is 0 Å². The van der Waals surface area contributed by atoms with Crippen LogP contribution in [-0.4, -0.2) is 24.7 Å². The molecule has 0 aliphatic carbocycles. The number of ether oxygens (including phenoxy) is 1. The monoisotopic (exact) mass is 315 g/mol. The second-order valence-corrected chi connectivity index (χ2v) is 6.31. The van der Waals surface area contributed by atoms with E-state index in [0.717, 1.165) is 22.1 Å². The van der Waals surface area contributed by atoms with Gasteiger partial charge >= 0.3 is 5.97 Å². The topological polar surface area (TPSA) is 58.6 Å². The first-order valence-corrected chi connectivity index (χ1v) is 8.00. The Morgan fingerprint density at radius 1 is 1.22 bits per heavy atom. The number of carboxylic acids is 1. The lowest BCUT2D eigenvalue weighted by molar-refractivity contribution is -0.142. The fraction of sp³-hybridized carbons (Fsp3) is 0.421. The Morgan fingerprint density at radius 2 is 1.87 bits per heavy atom. The molecule has 0 heterocycles. The first-order valence-electron chi connectivity index (χ1n) is 8.00. The zero-order chi connectivity index (χ0) is 16.8. The van der Waals surface area contributed by atoms with Gasteiger partial charge in [0.05, 0.1) is 13.0 Å². The number of rotatable bonds is 8. The summed E-state index contributed by atoms with van der Waals surface area (Å²) in [6, 6.07) is 12.3. The van der Waals surface area contributed by atoms with Crippen LogP contribution in [0, 0.1) is 11.8 Å². The van der Waals surface area contributed by atoms with Crippen molar-refractivity contribution in [2.75, 3.05) is 13.7 Å². The molecule has 124 valence electrons. The molecule has 0 aliphatic rings. The molecule has 2 aromatic carbocycles. The number of hydrogen-bond acceptors (Lipinski definition) is 3. The smallest absolute Gasteiger partial charge is 0.307 e. The summed E-state index contributed by atoms with van der Waals surface area (Å²) in [5.74, 6) is 0.0955. The number of nitrogens with one attached hydrogen (secondary N) is 1. The highest BCUT2D eigenvalue weighted by Gasteiger charge is 2.18. The lowest BCUT2D eigenvalue weighted by Crippen LogP contribution is -2.29. The quantitative estimate of drug-likeness (QED) is 0.780. The summed E-state index contributed by atoms with van der Waals surface area (Å²) < 4.78 is 5.47. The predicted molar refractivity (Wildman–Crippen MR) is 92.8 cm³/mol. The molecular formula is C19H25NO3. The maximum absolute atomic E-state index is 11.3. The van der Waals surface area contributed by atoms with E-state index in [9.17, 15) is 9.90 Å². The van der Waals surface area contributed by atoms with Crippen molar-refractivity contribution in [3.63, 3.8) is 0 Å². The van der Waals surface area contributed by atoms with Crippen molar-refractivity contribution in [3.8, 4) is 5.75 Å². The molecule has 0 fully saturated rings. The molecule has 0 aliphatic heterocycles. The van der Waals surface area contributed by atoms with Gasteiger partial charge in [0.2, 0.25) is 0 Å². The Hall–Kier alpha value is -2.07. The molecule has 2 aromatic rings. The summed E-state index contributed by atoms with van der Waals surface area (Å²) >= 11 is 0. The third-order valence-electron chi connectivity index (χ3n) is 3.96. The van der Waals surface area contributed by atoms with Crippen molar-refractivity contribution < 1.29 is 14.6 Å². The third kappa shape index (κ3) is 4.70. The zero-order valence-corrected chi connectivity index (χ0v) is 14.0. The van der Waals surface area contributed by atoms with Crippen LogP contribution in [0.4, 0.5) is 0 Å². The lowest BCUT2D eigenvalue weighted by Gasteiger charge is -2.16. The van der Waals surface area contributed by atoms with E-state index in [2.05, 4.69) is 23.5 Å². The molecule has 0 spiro atoms. The van der Waals surface area contributed by atoms with Crippen LogP contribution in [0.2, 0.25) is 0 Å². The van der Waals surface area contributed by atoms with Crippen molar-refractivity contribution >= 4 is 16.7 Å². The molecule has 2 N–H and O–H groups in total. The summed E-state index contributed by atoms with van der Waals surface area (Å²) in [6.45, 7) is 5.14. The maximum atomic E-state index is 11.3. The van der Waals surface area contributed by atoms with Crippen molar-refractivity contribution in [1.29, 1.82) is 0 Å². The van der Waals surface area contributed by atoms with Crippen molar-refractivity contribution in [2.45, 2.75) is 26.8 Å². The van der Waals surface area contributed by atoms with Gasteiger partial charge in [-0.2, -0.15) is 0 Å². The largest absolute Gasteiger partial charge is 0.496 e. The molecule has 0 amide bonds. The highest BCUT2D eigenvalue weighted by Crippen LogP contribution is 2.26. The Bertz CT molecular complexity index is 667. The van der Waals surface area contributed by atoms with E-state index in [4.69, 9.17) is 4.74 Å². The minimum atomic E-state index is -0.739. The third-order valence-corrected chi connectivity index (χ3v) is 3.96. The Balaban J connectivity index is 2.07. The minimum Gasteiger partial charge on any atom is -0.496 e. The average Bonchev–Trinajstić information content (AvgIpc) is 2.52. The normalized spacial score (nSPS) is 12.5. The number of aliphatic carboxylic acids is 1. The maximum Gasteiger partial charge on any atom is 0.307 e. The number of carboxylic acid groups (broad SMARTS) is 1. The summed E-state index contributed by atoms with van der Waals surface area (Å²) in [5.41, 5.74) is 1.04. The second-order valence-electron chi connectivity index (χ2n) is 6.31. The Labute approximate surface area is 137 Å². The molecule has 23 heavy (non-hydrogen) atoms. The molecule has 4 heteroatoms. The van der Waals surface area contributed by atoms with Crippen molar-refractivity contribution in [3.05, 3.63) is 42.0 Å². The van der Waals surface area contributed by atoms with Crippen LogP contribution in [0.1, 0.15) is 25.8 Å². The van der Waals surface area contributed by atoms with Crippen LogP contribution in [0.15, 0.2) is 36.4 Å². The van der Waals surface area contributed by atoms with Crippen molar-refractivity contribution in [2.24, 2.45) is 11.8 Å². The number of benzene rings is 2. The van der Waals surface area contributed by atoms with Crippen molar-refractivity contribution in [1.82, 2.24) is 5.32 Å². The molecule has 0 aromatic heterocycles. The Kier molecular flexibility index (Phi) is 5.99. The molecular weight excluding hydrogens is 290 g/mol. The summed E-state index contributed by atoms with van der Waals surface area (Å²) in [5, 5.41) is 14.9. The van der Waals surface area contributed by atoms with Crippen LogP contribution >= 0.6 is 0 Å². The van der Waals surface area contributed by atoms with E-state index in [0.29, 0.717) is 25.4 Å². The van der Waals surface area contributed by atoms with Gasteiger partial charge in [0.25, 0.3) is 0 Å². The number of carbonyl (C=O) groups is 1. The second kappa shape index (κ2) is 7.97. The van der Waals surface area contributed by atoms with Gasteiger partial charge in [0.1, 0.15) is 5.75 Å². The van der Waals surface area contributed by atoms with Gasteiger partial charge in [0, 0.05) is 18.7 Å². The predicted octanol–water partition coefficient (Wildman–Crippen LogP) is 3.68. The van der Waals surface area contributed by atoms with E-state index in [1.165, 1.54) is 0 Å². The summed E-state index contributed by atoms with van der Waals surface area (Å²) in [6.07, 6.45) is 0.678. The van der Waals surface area contributed by atoms with E-state index in [1.54, 1.807) is 7.11 Å². The van der Waals surface area contributed by atoms with Crippen LogP contribution < -0.4 is 10.1 Å². The van der Waals surface area contributed by atoms with Crippen LogP contribution in [0.5, 0.6) is 5.75 Å². The Morgan fingerprint density at radius 3 is 2.43 bits per heavy atom. The van der Waals surface area contributed by atoms with Gasteiger partial charge < -0.3 is 15.2 Å². The van der Waals surface area contributed by atoms with Gasteiger partial charge in [0.15, 0.2) is 0 Å². The lowest BCUT2D eigenvalue weighted by atomic mass is 9.97. The molecule has 0 bridgehead atoms. The molecule has 0 saturated heterocycles. The first-order chi connectivity index (χ1) is 11.0. The SMILES string of the molecule is COc1cc2ccccc2cc1CNCC(CC(C)C)C(=O)O. The van der Waals surface area contributed by atoms with E-state index in [-0.39, 0.29) is 5.92 Å². The van der Waals surface area contributed by atoms with Crippen LogP contribution in [0.3, 0.4) is 0 Å². The van der Waals surface area contributed by atoms with Crippen LogP contribution in [0.25, 0.3) is 10.8 Å². The number of methoxy groups -OCH3 is 1. The molecule has 4 nitrogen and oxygen atoms in total. The number of fused-ring (bicyclic) bond motifs is 1. The zero-order valence-electron chi connectivity index (χ0n) is 14.0. The van der Waals surface area contributed by atoms with Gasteiger partial charge in [-0.1, -0.05) is 38.1 Å². The molecule has 1 unspecified atom stereocenters. The van der Waals surface area contributed by atoms with Gasteiger partial charge in [-0.3, -0.25) is 4.79 Å². The van der Waals surface area contributed by atoms with Gasteiger partial charge in [-0.05, 0) is 35.2 Å². The van der Waals surface area contributed by atoms with E-state index < -0.39 is 5.97 Å². The fourth-order valence-corrected chi connectivity index (χ4v) is 2.82. The summed E-state index contributed by atoms with van der Waals surface area (Å²) in [4.78, 5) is 11.3. The highest BCUT2D eigenvalue weighted by molar-refractivity contribution is 5.85. The van der Waals surface area contributed by atoms with E-state index in [1.807, 2.05) is 32.0 Å². The summed E-state index contributed by atoms with van der Waals surface area (Å²) in [7, 11) is 1.66. The molecule has 1 atom stereocenters. The fourth-order valence-electron chi connectivity index (χ4n) is 2.82. The van der Waals surface area contributed by atoms with Crippen LogP contribution in [-0.2, 0) is 11.3 Å². The molecule has 2 rings (SSSR count). The first kappa shape index (κ1) is 17.3. The van der Waals surface area contributed by atoms with Gasteiger partial charge in [-0.15, -0.1) is 0 Å². The minimum absolute atomic E-state index is 0.360. The molecule has 0 radical (unpaired) electrons. The van der Waals surface area contributed by atoms with Gasteiger partial charge in [-0.25, -0.2) is 0 Å². The number of hydrogen-bond donors (Lipinski definition) is 2. The standard InChI is InChI=1S/C19H25NO3/c1-13(2)8-17(19(21)22)12-20-11-16-9-14-6-4-5-7-15(14)10-18(16)23-3/h4-7,9-10,13,17,20H,8,11-12H2,1-3H3,(H,21,22). The highest BCUT2D eigenvalue weighted by atomic mass is 16.5. The molecule has 0 saturated carbocycles.